The second-order valence-corrected chi connectivity index (χ2v) is 6.72. The number of aromatic nitrogens is 2. The van der Waals surface area contributed by atoms with Gasteiger partial charge in [0.2, 0.25) is 11.9 Å². The van der Waals surface area contributed by atoms with Crippen LogP contribution in [0.5, 0.6) is 0 Å². The first-order valence-corrected chi connectivity index (χ1v) is 8.69. The lowest BCUT2D eigenvalue weighted by molar-refractivity contribution is -0.122. The van der Waals surface area contributed by atoms with Gasteiger partial charge in [0.1, 0.15) is 6.17 Å². The Kier molecular flexibility index (Phi) is 5.52. The molecule has 2 atom stereocenters. The maximum atomic E-state index is 13.9. The van der Waals surface area contributed by atoms with E-state index in [-0.39, 0.29) is 30.5 Å². The molecule has 0 radical (unpaired) electrons. The lowest BCUT2D eigenvalue weighted by atomic mass is 9.85. The average Bonchev–Trinajstić information content (AvgIpc) is 2.60. The predicted octanol–water partition coefficient (Wildman–Crippen LogP) is 1.05. The van der Waals surface area contributed by atoms with Crippen molar-refractivity contribution in [1.82, 2.24) is 9.97 Å². The Balaban J connectivity index is 1.61. The number of ether oxygens (including phenoxy) is 1. The zero-order chi connectivity index (χ0) is 17.8. The average molecular weight is 352 g/mol. The summed E-state index contributed by atoms with van der Waals surface area (Å²) in [6, 6.07) is -0.186. The molecular weight excluding hydrogens is 327 g/mol. The molecule has 9 heteroatoms. The number of nitrogens with two attached hydrogens (primary N) is 2. The number of alkyl halides is 1. The smallest absolute Gasteiger partial charge is 0.225 e. The molecule has 1 aromatic heterocycles. The number of hydrogen-bond acceptors (Lipinski definition) is 7. The van der Waals surface area contributed by atoms with Gasteiger partial charge in [0, 0.05) is 18.6 Å². The molecule has 2 fully saturated rings. The summed E-state index contributed by atoms with van der Waals surface area (Å²) in [5.74, 6) is 0.594. The maximum absolute atomic E-state index is 13.9. The first-order valence-electron chi connectivity index (χ1n) is 8.69. The van der Waals surface area contributed by atoms with Gasteiger partial charge in [0.25, 0.3) is 0 Å². The Bertz CT molecular complexity index is 608. The monoisotopic (exact) mass is 352 g/mol. The zero-order valence-electron chi connectivity index (χ0n) is 14.1. The van der Waals surface area contributed by atoms with E-state index in [4.69, 9.17) is 16.2 Å². The number of amides is 1. The van der Waals surface area contributed by atoms with Crippen molar-refractivity contribution < 1.29 is 13.9 Å². The second-order valence-electron chi connectivity index (χ2n) is 6.72. The van der Waals surface area contributed by atoms with Gasteiger partial charge in [-0.2, -0.15) is 4.98 Å². The summed E-state index contributed by atoms with van der Waals surface area (Å²) < 4.78 is 19.0. The number of hydrogen-bond donors (Lipinski definition) is 4. The molecule has 0 unspecified atom stereocenters. The molecule has 25 heavy (non-hydrogen) atoms. The van der Waals surface area contributed by atoms with Crippen molar-refractivity contribution >= 4 is 23.4 Å². The third-order valence-electron chi connectivity index (χ3n) is 4.89. The van der Waals surface area contributed by atoms with Crippen LogP contribution in [0.15, 0.2) is 6.20 Å². The van der Waals surface area contributed by atoms with E-state index < -0.39 is 6.17 Å². The molecule has 1 saturated heterocycles. The number of anilines is 3. The Morgan fingerprint density at radius 2 is 2.00 bits per heavy atom. The summed E-state index contributed by atoms with van der Waals surface area (Å²) in [5, 5.41) is 6.33. The normalized spacial score (nSPS) is 29.8. The van der Waals surface area contributed by atoms with Gasteiger partial charge >= 0.3 is 0 Å². The Labute approximate surface area is 145 Å². The first-order chi connectivity index (χ1) is 12.0. The van der Waals surface area contributed by atoms with Crippen LogP contribution in [-0.4, -0.2) is 47.3 Å². The molecule has 0 bridgehead atoms. The van der Waals surface area contributed by atoms with Crippen LogP contribution >= 0.6 is 0 Å². The summed E-state index contributed by atoms with van der Waals surface area (Å²) in [6.07, 6.45) is 4.16. The van der Waals surface area contributed by atoms with Crippen molar-refractivity contribution in [1.29, 1.82) is 0 Å². The molecular formula is C16H25FN6O2. The Morgan fingerprint density at radius 1 is 1.24 bits per heavy atom. The van der Waals surface area contributed by atoms with Crippen LogP contribution in [0.3, 0.4) is 0 Å². The molecule has 8 nitrogen and oxygen atoms in total. The number of rotatable bonds is 5. The van der Waals surface area contributed by atoms with E-state index in [2.05, 4.69) is 20.6 Å². The minimum absolute atomic E-state index is 0.0481. The van der Waals surface area contributed by atoms with E-state index in [1.807, 2.05) is 0 Å². The number of carbonyl (C=O) groups excluding carboxylic acids is 1. The molecule has 2 heterocycles. The lowest BCUT2D eigenvalue weighted by Gasteiger charge is -2.29. The van der Waals surface area contributed by atoms with Gasteiger partial charge in [-0.1, -0.05) is 0 Å². The molecule has 6 N–H and O–H groups in total. The largest absolute Gasteiger partial charge is 0.394 e. The van der Waals surface area contributed by atoms with Crippen molar-refractivity contribution in [3.8, 4) is 0 Å². The van der Waals surface area contributed by atoms with Gasteiger partial charge in [-0.15, -0.1) is 0 Å². The number of nitrogens with one attached hydrogen (secondary N) is 2. The number of nitrogen functional groups attached to an aromatic ring is 1. The predicted molar refractivity (Wildman–Crippen MR) is 92.8 cm³/mol. The van der Waals surface area contributed by atoms with Crippen molar-refractivity contribution in [3.63, 3.8) is 0 Å². The van der Waals surface area contributed by atoms with Crippen molar-refractivity contribution in [2.45, 2.75) is 50.4 Å². The van der Waals surface area contributed by atoms with Crippen LogP contribution < -0.4 is 22.1 Å². The molecule has 0 spiro atoms. The fourth-order valence-electron chi connectivity index (χ4n) is 3.32. The second kappa shape index (κ2) is 7.81. The Hall–Kier alpha value is -2.16. The Morgan fingerprint density at radius 3 is 2.68 bits per heavy atom. The summed E-state index contributed by atoms with van der Waals surface area (Å²) in [4.78, 5) is 19.8. The standard InChI is InChI=1S/C16H25FN6O2/c17-11-8-25-6-5-13(11)22-16-20-7-12(18)15(23-16)21-10-3-1-9(2-4-10)14(19)24/h7,9-11,13H,1-6,8,18H2,(H2,19,24)(H2,20,21,22,23)/t9-,10+,11-,13+/m1/s1. The molecule has 0 aromatic carbocycles. The minimum atomic E-state index is -1.09. The number of nitrogens with zero attached hydrogens (tertiary/aromatic N) is 2. The van der Waals surface area contributed by atoms with Gasteiger partial charge in [-0.25, -0.2) is 9.37 Å². The van der Waals surface area contributed by atoms with Crippen LogP contribution in [0.1, 0.15) is 32.1 Å². The highest BCUT2D eigenvalue weighted by Crippen LogP contribution is 2.28. The molecule has 2 aliphatic rings. The number of halogens is 1. The van der Waals surface area contributed by atoms with Crippen LogP contribution in [0.4, 0.5) is 21.8 Å². The van der Waals surface area contributed by atoms with Gasteiger partial charge in [0.15, 0.2) is 5.82 Å². The van der Waals surface area contributed by atoms with Gasteiger partial charge < -0.3 is 26.8 Å². The van der Waals surface area contributed by atoms with E-state index in [0.29, 0.717) is 30.5 Å². The molecule has 138 valence electrons. The molecule has 1 saturated carbocycles. The van der Waals surface area contributed by atoms with E-state index in [1.165, 1.54) is 6.20 Å². The maximum Gasteiger partial charge on any atom is 0.225 e. The molecule has 1 aliphatic carbocycles. The van der Waals surface area contributed by atoms with Crippen LogP contribution in [0.25, 0.3) is 0 Å². The zero-order valence-corrected chi connectivity index (χ0v) is 14.1. The molecule has 1 aliphatic heterocycles. The topological polar surface area (TPSA) is 128 Å². The fraction of sp³-hybridized carbons (Fsp3) is 0.688. The SMILES string of the molecule is Nc1cnc(N[C@H]2CCOC[C@H]2F)nc1N[C@H]1CC[C@@H](C(N)=O)CC1. The molecule has 3 rings (SSSR count). The van der Waals surface area contributed by atoms with Crippen LogP contribution in [-0.2, 0) is 9.53 Å². The highest BCUT2D eigenvalue weighted by molar-refractivity contribution is 5.76. The highest BCUT2D eigenvalue weighted by Gasteiger charge is 2.27. The lowest BCUT2D eigenvalue weighted by Crippen LogP contribution is -2.39. The third-order valence-corrected chi connectivity index (χ3v) is 4.89. The summed E-state index contributed by atoms with van der Waals surface area (Å²) >= 11 is 0. The van der Waals surface area contributed by atoms with E-state index in [1.54, 1.807) is 0 Å². The molecule has 1 aromatic rings. The number of carbonyl (C=O) groups is 1. The first kappa shape index (κ1) is 17.7. The molecule has 1 amide bonds. The van der Waals surface area contributed by atoms with E-state index in [0.717, 1.165) is 25.7 Å². The van der Waals surface area contributed by atoms with Crippen LogP contribution in [0.2, 0.25) is 0 Å². The van der Waals surface area contributed by atoms with Gasteiger partial charge in [-0.3, -0.25) is 4.79 Å². The quantitative estimate of drug-likeness (QED) is 0.623. The van der Waals surface area contributed by atoms with E-state index >= 15 is 0 Å². The number of primary amides is 1. The summed E-state index contributed by atoms with van der Waals surface area (Å²) in [7, 11) is 0. The van der Waals surface area contributed by atoms with Crippen LogP contribution in [0, 0.1) is 5.92 Å². The fourth-order valence-corrected chi connectivity index (χ4v) is 3.32. The van der Waals surface area contributed by atoms with Gasteiger partial charge in [-0.05, 0) is 32.1 Å². The third kappa shape index (κ3) is 4.47. The van der Waals surface area contributed by atoms with E-state index in [9.17, 15) is 9.18 Å². The van der Waals surface area contributed by atoms with Gasteiger partial charge in [0.05, 0.1) is 24.5 Å². The van der Waals surface area contributed by atoms with Crippen molar-refractivity contribution in [2.24, 2.45) is 11.7 Å². The minimum Gasteiger partial charge on any atom is -0.394 e. The van der Waals surface area contributed by atoms with Crippen molar-refractivity contribution in [2.75, 3.05) is 29.6 Å². The summed E-state index contributed by atoms with van der Waals surface area (Å²) in [5.41, 5.74) is 11.8. The summed E-state index contributed by atoms with van der Waals surface area (Å²) in [6.45, 7) is 0.599. The highest BCUT2D eigenvalue weighted by atomic mass is 19.1. The van der Waals surface area contributed by atoms with Crippen molar-refractivity contribution in [3.05, 3.63) is 6.20 Å².